The molecular formula is C12H23N3. The summed E-state index contributed by atoms with van der Waals surface area (Å²) < 4.78 is 0. The molecule has 0 aromatic carbocycles. The highest BCUT2D eigenvalue weighted by Crippen LogP contribution is 2.15. The van der Waals surface area contributed by atoms with Crippen molar-refractivity contribution in [1.82, 2.24) is 9.80 Å². The first-order valence-electron chi connectivity index (χ1n) is 5.88. The first kappa shape index (κ1) is 12.5. The van der Waals surface area contributed by atoms with E-state index in [1.165, 1.54) is 0 Å². The van der Waals surface area contributed by atoms with Crippen LogP contribution in [-0.2, 0) is 0 Å². The van der Waals surface area contributed by atoms with Crippen molar-refractivity contribution in [1.29, 1.82) is 5.26 Å². The Morgan fingerprint density at radius 2 is 1.73 bits per heavy atom. The van der Waals surface area contributed by atoms with Gasteiger partial charge in [-0.1, -0.05) is 0 Å². The van der Waals surface area contributed by atoms with Crippen LogP contribution in [0, 0.1) is 11.3 Å². The van der Waals surface area contributed by atoms with Crippen molar-refractivity contribution in [2.24, 2.45) is 0 Å². The van der Waals surface area contributed by atoms with Crippen molar-refractivity contribution in [2.75, 3.05) is 32.7 Å². The second-order valence-electron chi connectivity index (χ2n) is 5.26. The predicted octanol–water partition coefficient (Wildman–Crippen LogP) is 1.71. The minimum Gasteiger partial charge on any atom is -0.301 e. The van der Waals surface area contributed by atoms with Gasteiger partial charge in [0.15, 0.2) is 0 Å². The van der Waals surface area contributed by atoms with Crippen molar-refractivity contribution in [2.45, 2.75) is 39.2 Å². The van der Waals surface area contributed by atoms with Crippen molar-refractivity contribution >= 4 is 0 Å². The highest BCUT2D eigenvalue weighted by Gasteiger charge is 2.25. The van der Waals surface area contributed by atoms with Gasteiger partial charge in [-0.3, -0.25) is 4.90 Å². The molecule has 1 aliphatic rings. The normalized spacial score (nSPS) is 20.1. The Morgan fingerprint density at radius 1 is 1.13 bits per heavy atom. The van der Waals surface area contributed by atoms with Gasteiger partial charge in [0.2, 0.25) is 0 Å². The van der Waals surface area contributed by atoms with Crippen LogP contribution in [0.5, 0.6) is 0 Å². The molecule has 3 heteroatoms. The Bertz CT molecular complexity index is 216. The van der Waals surface area contributed by atoms with E-state index in [1.807, 2.05) is 0 Å². The third kappa shape index (κ3) is 4.19. The van der Waals surface area contributed by atoms with Crippen LogP contribution in [0.1, 0.15) is 33.6 Å². The van der Waals surface area contributed by atoms with Crippen LogP contribution < -0.4 is 0 Å². The molecule has 0 saturated carbocycles. The molecule has 0 aromatic heterocycles. The minimum absolute atomic E-state index is 0.304. The molecule has 0 radical (unpaired) electrons. The molecule has 0 atom stereocenters. The third-order valence-corrected chi connectivity index (χ3v) is 3.08. The van der Waals surface area contributed by atoms with E-state index >= 15 is 0 Å². The Labute approximate surface area is 93.7 Å². The van der Waals surface area contributed by atoms with Gasteiger partial charge in [0.05, 0.1) is 6.07 Å². The van der Waals surface area contributed by atoms with Crippen LogP contribution in [0.25, 0.3) is 0 Å². The maximum atomic E-state index is 8.47. The summed E-state index contributed by atoms with van der Waals surface area (Å²) >= 11 is 0. The van der Waals surface area contributed by atoms with E-state index in [2.05, 4.69) is 36.6 Å². The number of unbranched alkanes of at least 4 members (excludes halogenated alkanes) is 1. The Kier molecular flexibility index (Phi) is 4.56. The Hall–Kier alpha value is -0.590. The van der Waals surface area contributed by atoms with Gasteiger partial charge in [-0.05, 0) is 33.7 Å². The maximum Gasteiger partial charge on any atom is 0.0622 e. The molecular weight excluding hydrogens is 186 g/mol. The van der Waals surface area contributed by atoms with Crippen LogP contribution in [0.4, 0.5) is 0 Å². The van der Waals surface area contributed by atoms with Crippen LogP contribution in [0.2, 0.25) is 0 Å². The van der Waals surface area contributed by atoms with E-state index in [0.29, 0.717) is 12.0 Å². The largest absolute Gasteiger partial charge is 0.301 e. The molecule has 1 aliphatic heterocycles. The van der Waals surface area contributed by atoms with E-state index in [0.717, 1.165) is 39.1 Å². The first-order chi connectivity index (χ1) is 7.04. The third-order valence-electron chi connectivity index (χ3n) is 3.08. The van der Waals surface area contributed by atoms with Crippen LogP contribution in [0.15, 0.2) is 0 Å². The monoisotopic (exact) mass is 209 g/mol. The van der Waals surface area contributed by atoms with E-state index in [4.69, 9.17) is 5.26 Å². The minimum atomic E-state index is 0.304. The Balaban J connectivity index is 2.22. The molecule has 0 spiro atoms. The maximum absolute atomic E-state index is 8.47. The fourth-order valence-electron chi connectivity index (χ4n) is 2.02. The summed E-state index contributed by atoms with van der Waals surface area (Å²) in [7, 11) is 0. The number of hydrogen-bond donors (Lipinski definition) is 0. The van der Waals surface area contributed by atoms with Crippen LogP contribution >= 0.6 is 0 Å². The second kappa shape index (κ2) is 5.48. The quantitative estimate of drug-likeness (QED) is 0.663. The summed E-state index contributed by atoms with van der Waals surface area (Å²) in [6.45, 7) is 12.6. The van der Waals surface area contributed by atoms with Gasteiger partial charge in [0.1, 0.15) is 0 Å². The zero-order chi connectivity index (χ0) is 11.3. The van der Waals surface area contributed by atoms with Crippen molar-refractivity contribution in [3.63, 3.8) is 0 Å². The van der Waals surface area contributed by atoms with Gasteiger partial charge >= 0.3 is 0 Å². The molecule has 15 heavy (non-hydrogen) atoms. The second-order valence-corrected chi connectivity index (χ2v) is 5.26. The number of nitrogens with zero attached hydrogens (tertiary/aromatic N) is 3. The average Bonchev–Trinajstić information content (AvgIpc) is 2.18. The number of rotatable bonds is 3. The number of nitriles is 1. The molecule has 0 bridgehead atoms. The molecule has 1 rings (SSSR count). The van der Waals surface area contributed by atoms with E-state index < -0.39 is 0 Å². The standard InChI is InChI=1S/C12H23N3/c1-12(2,3)15-10-8-14(9-11-15)7-5-4-6-13/h4-5,7-11H2,1-3H3. The average molecular weight is 209 g/mol. The molecule has 3 nitrogen and oxygen atoms in total. The van der Waals surface area contributed by atoms with Crippen LogP contribution in [-0.4, -0.2) is 48.1 Å². The van der Waals surface area contributed by atoms with Gasteiger partial charge in [0.25, 0.3) is 0 Å². The molecule has 0 amide bonds. The first-order valence-corrected chi connectivity index (χ1v) is 5.88. The van der Waals surface area contributed by atoms with Gasteiger partial charge in [-0.25, -0.2) is 0 Å². The molecule has 0 N–H and O–H groups in total. The fourth-order valence-corrected chi connectivity index (χ4v) is 2.02. The summed E-state index contributed by atoms with van der Waals surface area (Å²) in [6.07, 6.45) is 1.71. The molecule has 0 unspecified atom stereocenters. The summed E-state index contributed by atoms with van der Waals surface area (Å²) in [5.74, 6) is 0. The number of piperazine rings is 1. The predicted molar refractivity (Wildman–Crippen MR) is 62.6 cm³/mol. The molecule has 0 aromatic rings. The SMILES string of the molecule is CC(C)(C)N1CCN(CCCC#N)CC1. The zero-order valence-electron chi connectivity index (χ0n) is 10.3. The summed E-state index contributed by atoms with van der Waals surface area (Å²) in [4.78, 5) is 5.01. The van der Waals surface area contributed by atoms with E-state index in [9.17, 15) is 0 Å². The zero-order valence-corrected chi connectivity index (χ0v) is 10.3. The Morgan fingerprint density at radius 3 is 2.20 bits per heavy atom. The smallest absolute Gasteiger partial charge is 0.0622 e. The lowest BCUT2D eigenvalue weighted by atomic mass is 10.0. The lowest BCUT2D eigenvalue weighted by Crippen LogP contribution is -2.53. The summed E-state index contributed by atoms with van der Waals surface area (Å²) in [5, 5.41) is 8.47. The lowest BCUT2D eigenvalue weighted by Gasteiger charge is -2.42. The topological polar surface area (TPSA) is 30.3 Å². The highest BCUT2D eigenvalue weighted by atomic mass is 15.3. The van der Waals surface area contributed by atoms with Gasteiger partial charge in [-0.15, -0.1) is 0 Å². The number of hydrogen-bond acceptors (Lipinski definition) is 3. The van der Waals surface area contributed by atoms with Gasteiger partial charge < -0.3 is 4.90 Å². The highest BCUT2D eigenvalue weighted by molar-refractivity contribution is 4.82. The van der Waals surface area contributed by atoms with Gasteiger partial charge in [-0.2, -0.15) is 5.26 Å². The molecule has 0 aliphatic carbocycles. The van der Waals surface area contributed by atoms with E-state index in [-0.39, 0.29) is 0 Å². The van der Waals surface area contributed by atoms with Gasteiger partial charge in [0, 0.05) is 38.1 Å². The summed E-state index contributed by atoms with van der Waals surface area (Å²) in [6, 6.07) is 2.20. The van der Waals surface area contributed by atoms with Crippen molar-refractivity contribution in [3.05, 3.63) is 0 Å². The fraction of sp³-hybridized carbons (Fsp3) is 0.917. The van der Waals surface area contributed by atoms with Crippen molar-refractivity contribution < 1.29 is 0 Å². The van der Waals surface area contributed by atoms with Crippen LogP contribution in [0.3, 0.4) is 0 Å². The summed E-state index contributed by atoms with van der Waals surface area (Å²) in [5.41, 5.74) is 0.304. The van der Waals surface area contributed by atoms with Crippen molar-refractivity contribution in [3.8, 4) is 6.07 Å². The molecule has 86 valence electrons. The molecule has 1 heterocycles. The lowest BCUT2D eigenvalue weighted by molar-refractivity contribution is 0.0621. The molecule has 1 fully saturated rings. The van der Waals surface area contributed by atoms with E-state index in [1.54, 1.807) is 0 Å². The molecule has 1 saturated heterocycles.